The molecule has 1 aromatic carbocycles. The number of benzene rings is 1. The second-order valence-electron chi connectivity index (χ2n) is 4.45. The van der Waals surface area contributed by atoms with E-state index < -0.39 is 17.6 Å². The lowest BCUT2D eigenvalue weighted by Gasteiger charge is -2.11. The summed E-state index contributed by atoms with van der Waals surface area (Å²) in [6.45, 7) is 3.39. The largest absolute Gasteiger partial charge is 0.417 e. The molecule has 1 unspecified atom stereocenters. The molecule has 7 heteroatoms. The molecule has 1 atom stereocenters. The second-order valence-corrected chi connectivity index (χ2v) is 5.48. The molecule has 0 spiro atoms. The van der Waals surface area contributed by atoms with Crippen LogP contribution in [-0.2, 0) is 6.18 Å². The van der Waals surface area contributed by atoms with E-state index in [1.807, 2.05) is 0 Å². The lowest BCUT2D eigenvalue weighted by molar-refractivity contribution is -0.137. The van der Waals surface area contributed by atoms with Gasteiger partial charge in [-0.1, -0.05) is 0 Å². The summed E-state index contributed by atoms with van der Waals surface area (Å²) in [6, 6.07) is 2.04. The quantitative estimate of drug-likeness (QED) is 0.840. The van der Waals surface area contributed by atoms with Gasteiger partial charge >= 0.3 is 6.18 Å². The number of halogens is 4. The van der Waals surface area contributed by atoms with Gasteiger partial charge in [-0.15, -0.1) is 11.3 Å². The van der Waals surface area contributed by atoms with Crippen LogP contribution in [-0.4, -0.2) is 4.98 Å². The minimum atomic E-state index is -4.56. The molecule has 0 saturated heterocycles. The van der Waals surface area contributed by atoms with E-state index in [2.05, 4.69) is 4.98 Å². The third-order valence-electron chi connectivity index (χ3n) is 2.76. The fraction of sp³-hybridized carbons (Fsp3) is 0.308. The zero-order chi connectivity index (χ0) is 15.1. The average Bonchev–Trinajstić information content (AvgIpc) is 2.69. The van der Waals surface area contributed by atoms with Crippen LogP contribution in [0.4, 0.5) is 17.6 Å². The molecule has 2 rings (SSSR count). The van der Waals surface area contributed by atoms with E-state index in [0.29, 0.717) is 10.6 Å². The third-order valence-corrected chi connectivity index (χ3v) is 4.16. The van der Waals surface area contributed by atoms with Crippen LogP contribution in [0.25, 0.3) is 10.6 Å². The molecule has 0 aliphatic rings. The van der Waals surface area contributed by atoms with Crippen LogP contribution in [0.3, 0.4) is 0 Å². The van der Waals surface area contributed by atoms with Crippen molar-refractivity contribution in [3.8, 4) is 10.6 Å². The van der Waals surface area contributed by atoms with Crippen molar-refractivity contribution in [3.05, 3.63) is 40.2 Å². The topological polar surface area (TPSA) is 38.9 Å². The predicted molar refractivity (Wildman–Crippen MR) is 69.8 cm³/mol. The van der Waals surface area contributed by atoms with Crippen molar-refractivity contribution in [1.82, 2.24) is 4.98 Å². The number of thiazole rings is 1. The van der Waals surface area contributed by atoms with Gasteiger partial charge in [-0.25, -0.2) is 9.37 Å². The summed E-state index contributed by atoms with van der Waals surface area (Å²) in [5, 5.41) is 0.127. The Balaban J connectivity index is 2.63. The van der Waals surface area contributed by atoms with E-state index in [-0.39, 0.29) is 16.6 Å². The minimum absolute atomic E-state index is 0.127. The van der Waals surface area contributed by atoms with Crippen LogP contribution in [0.15, 0.2) is 18.2 Å². The lowest BCUT2D eigenvalue weighted by atomic mass is 10.1. The smallest absolute Gasteiger partial charge is 0.323 e. The zero-order valence-corrected chi connectivity index (χ0v) is 11.6. The Morgan fingerprint density at radius 2 is 1.95 bits per heavy atom. The highest BCUT2D eigenvalue weighted by Gasteiger charge is 2.34. The Morgan fingerprint density at radius 3 is 2.45 bits per heavy atom. The molecule has 0 bridgehead atoms. The van der Waals surface area contributed by atoms with Crippen LogP contribution in [0.5, 0.6) is 0 Å². The molecule has 20 heavy (non-hydrogen) atoms. The van der Waals surface area contributed by atoms with Gasteiger partial charge in [0, 0.05) is 16.5 Å². The molecular formula is C13H12F4N2S. The molecule has 0 fully saturated rings. The van der Waals surface area contributed by atoms with Gasteiger partial charge in [0.25, 0.3) is 0 Å². The van der Waals surface area contributed by atoms with Crippen molar-refractivity contribution in [2.24, 2.45) is 5.73 Å². The number of rotatable bonds is 2. The zero-order valence-electron chi connectivity index (χ0n) is 10.8. The van der Waals surface area contributed by atoms with E-state index in [1.165, 1.54) is 0 Å². The van der Waals surface area contributed by atoms with Gasteiger partial charge in [-0.3, -0.25) is 0 Å². The maximum Gasteiger partial charge on any atom is 0.417 e. The molecule has 1 aromatic heterocycles. The molecule has 0 saturated carbocycles. The van der Waals surface area contributed by atoms with Gasteiger partial charge in [-0.2, -0.15) is 13.2 Å². The van der Waals surface area contributed by atoms with Gasteiger partial charge < -0.3 is 5.73 Å². The first-order chi connectivity index (χ1) is 9.20. The first-order valence-corrected chi connectivity index (χ1v) is 6.62. The van der Waals surface area contributed by atoms with Gasteiger partial charge in [0.2, 0.25) is 0 Å². The summed E-state index contributed by atoms with van der Waals surface area (Å²) in [5.41, 5.74) is 5.15. The van der Waals surface area contributed by atoms with E-state index in [4.69, 9.17) is 5.73 Å². The number of nitrogens with two attached hydrogens (primary N) is 1. The Morgan fingerprint density at radius 1 is 1.30 bits per heavy atom. The summed E-state index contributed by atoms with van der Waals surface area (Å²) < 4.78 is 52.2. The highest BCUT2D eigenvalue weighted by molar-refractivity contribution is 7.15. The van der Waals surface area contributed by atoms with E-state index >= 15 is 0 Å². The molecule has 2 nitrogen and oxygen atoms in total. The molecule has 0 radical (unpaired) electrons. The number of hydrogen-bond donors (Lipinski definition) is 1. The van der Waals surface area contributed by atoms with E-state index in [9.17, 15) is 17.6 Å². The summed E-state index contributed by atoms with van der Waals surface area (Å²) in [5.74, 6) is -0.733. The maximum atomic E-state index is 13.3. The van der Waals surface area contributed by atoms with Gasteiger partial charge in [0.05, 0.1) is 11.3 Å². The summed E-state index contributed by atoms with van der Waals surface area (Å²) in [7, 11) is 0. The fourth-order valence-electron chi connectivity index (χ4n) is 1.89. The van der Waals surface area contributed by atoms with Crippen molar-refractivity contribution in [2.45, 2.75) is 26.1 Å². The Bertz CT molecular complexity index is 632. The van der Waals surface area contributed by atoms with Crippen LogP contribution in [0.2, 0.25) is 0 Å². The van der Waals surface area contributed by atoms with E-state index in [0.717, 1.165) is 29.5 Å². The molecule has 0 aliphatic carbocycles. The number of nitrogens with zero attached hydrogens (tertiary/aromatic N) is 1. The highest BCUT2D eigenvalue weighted by Crippen LogP contribution is 2.40. The molecule has 0 aliphatic heterocycles. The number of aromatic nitrogens is 1. The Kier molecular flexibility index (Phi) is 3.84. The second kappa shape index (κ2) is 5.14. The minimum Gasteiger partial charge on any atom is -0.323 e. The summed E-state index contributed by atoms with van der Waals surface area (Å²) in [6.07, 6.45) is -4.56. The van der Waals surface area contributed by atoms with E-state index in [1.54, 1.807) is 13.8 Å². The monoisotopic (exact) mass is 304 g/mol. The molecule has 0 amide bonds. The first-order valence-electron chi connectivity index (χ1n) is 5.80. The van der Waals surface area contributed by atoms with Crippen molar-refractivity contribution in [3.63, 3.8) is 0 Å². The van der Waals surface area contributed by atoms with Crippen molar-refractivity contribution < 1.29 is 17.6 Å². The van der Waals surface area contributed by atoms with Crippen molar-refractivity contribution in [2.75, 3.05) is 0 Å². The number of hydrogen-bond acceptors (Lipinski definition) is 3. The molecule has 1 heterocycles. The van der Waals surface area contributed by atoms with Crippen LogP contribution >= 0.6 is 11.3 Å². The summed E-state index contributed by atoms with van der Waals surface area (Å²) in [4.78, 5) is 4.78. The van der Waals surface area contributed by atoms with Crippen LogP contribution < -0.4 is 5.73 Å². The molecule has 2 N–H and O–H groups in total. The SMILES string of the molecule is Cc1nc(-c2cc(F)ccc2C(F)(F)F)sc1C(C)N. The molecule has 108 valence electrons. The average molecular weight is 304 g/mol. The van der Waals surface area contributed by atoms with Crippen molar-refractivity contribution >= 4 is 11.3 Å². The van der Waals surface area contributed by atoms with Crippen LogP contribution in [0, 0.1) is 12.7 Å². The highest BCUT2D eigenvalue weighted by atomic mass is 32.1. The predicted octanol–water partition coefficient (Wildman–Crippen LogP) is 4.30. The van der Waals surface area contributed by atoms with Gasteiger partial charge in [0.15, 0.2) is 0 Å². The maximum absolute atomic E-state index is 13.3. The Labute approximate surface area is 117 Å². The Hall–Kier alpha value is -1.47. The number of alkyl halides is 3. The third kappa shape index (κ3) is 2.83. The van der Waals surface area contributed by atoms with Crippen molar-refractivity contribution in [1.29, 1.82) is 0 Å². The lowest BCUT2D eigenvalue weighted by Crippen LogP contribution is -2.07. The first kappa shape index (κ1) is 14.9. The number of aryl methyl sites for hydroxylation is 1. The standard InChI is InChI=1S/C13H12F4N2S/c1-6(18)11-7(2)19-12(20-11)9-5-8(14)3-4-10(9)13(15,16)17/h3-6H,18H2,1-2H3. The van der Waals surface area contributed by atoms with Gasteiger partial charge in [0.1, 0.15) is 10.8 Å². The van der Waals surface area contributed by atoms with Gasteiger partial charge in [-0.05, 0) is 32.0 Å². The fourth-order valence-corrected chi connectivity index (χ4v) is 2.94. The molecule has 2 aromatic rings. The molecular weight excluding hydrogens is 292 g/mol. The van der Waals surface area contributed by atoms with Crippen LogP contribution in [0.1, 0.15) is 29.1 Å². The normalized spacial score (nSPS) is 13.6. The summed E-state index contributed by atoms with van der Waals surface area (Å²) >= 11 is 1.06.